The van der Waals surface area contributed by atoms with Crippen molar-refractivity contribution in [1.29, 1.82) is 0 Å². The van der Waals surface area contributed by atoms with Gasteiger partial charge < -0.3 is 10.2 Å². The number of aryl methyl sites for hydroxylation is 1. The van der Waals surface area contributed by atoms with Crippen LogP contribution in [0, 0.1) is 18.8 Å². The van der Waals surface area contributed by atoms with Crippen molar-refractivity contribution in [3.05, 3.63) is 59.2 Å². The summed E-state index contributed by atoms with van der Waals surface area (Å²) in [6.07, 6.45) is 0. The van der Waals surface area contributed by atoms with Gasteiger partial charge in [-0.05, 0) is 55.0 Å². The Labute approximate surface area is 100 Å². The summed E-state index contributed by atoms with van der Waals surface area (Å²) in [4.78, 5) is 0. The van der Waals surface area contributed by atoms with E-state index < -0.39 is 0 Å². The van der Waals surface area contributed by atoms with Crippen molar-refractivity contribution < 1.29 is 10.2 Å². The zero-order chi connectivity index (χ0) is 12.3. The molecule has 0 unspecified atom stereocenters. The third-order valence-corrected chi connectivity index (χ3v) is 2.42. The molecule has 0 amide bonds. The Morgan fingerprint density at radius 1 is 0.824 bits per heavy atom. The van der Waals surface area contributed by atoms with Crippen molar-refractivity contribution in [1.82, 2.24) is 0 Å². The maximum Gasteiger partial charge on any atom is 0.115 e. The van der Waals surface area contributed by atoms with Gasteiger partial charge in [-0.3, -0.25) is 0 Å². The number of hydrogen-bond acceptors (Lipinski definition) is 2. The van der Waals surface area contributed by atoms with E-state index in [4.69, 9.17) is 5.11 Å². The second kappa shape index (κ2) is 4.63. The van der Waals surface area contributed by atoms with Crippen LogP contribution < -0.4 is 0 Å². The maximum atomic E-state index is 9.28. The maximum absolute atomic E-state index is 9.28. The van der Waals surface area contributed by atoms with Crippen LogP contribution >= 0.6 is 0 Å². The van der Waals surface area contributed by atoms with Crippen LogP contribution in [-0.2, 0) is 0 Å². The van der Waals surface area contributed by atoms with Crippen molar-refractivity contribution in [2.45, 2.75) is 6.92 Å². The zero-order valence-electron chi connectivity index (χ0n) is 9.44. The lowest BCUT2D eigenvalue weighted by Gasteiger charge is -1.98. The fraction of sp³-hybridized carbons (Fsp3) is 0.0667. The first-order chi connectivity index (χ1) is 8.15. The van der Waals surface area contributed by atoms with Gasteiger partial charge in [0.15, 0.2) is 0 Å². The van der Waals surface area contributed by atoms with E-state index in [-0.39, 0.29) is 11.5 Å². The molecule has 2 N–H and O–H groups in total. The largest absolute Gasteiger partial charge is 0.508 e. The molecule has 0 aromatic heterocycles. The molecule has 17 heavy (non-hydrogen) atoms. The minimum absolute atomic E-state index is 0.233. The molecule has 0 saturated carbocycles. The highest BCUT2D eigenvalue weighted by atomic mass is 16.3. The van der Waals surface area contributed by atoms with Gasteiger partial charge in [-0.25, -0.2) is 0 Å². The summed E-state index contributed by atoms with van der Waals surface area (Å²) in [6, 6.07) is 11.8. The molecule has 0 saturated heterocycles. The molecule has 0 fully saturated rings. The summed E-state index contributed by atoms with van der Waals surface area (Å²) in [7, 11) is 0. The summed E-state index contributed by atoms with van der Waals surface area (Å²) in [5.74, 6) is 6.52. The Morgan fingerprint density at radius 3 is 2.12 bits per heavy atom. The zero-order valence-corrected chi connectivity index (χ0v) is 9.44. The number of benzene rings is 2. The van der Waals surface area contributed by atoms with Gasteiger partial charge in [-0.2, -0.15) is 0 Å². The van der Waals surface area contributed by atoms with E-state index in [9.17, 15) is 5.11 Å². The molecule has 0 aliphatic carbocycles. The highest BCUT2D eigenvalue weighted by Gasteiger charge is 1.95. The van der Waals surface area contributed by atoms with Crippen LogP contribution in [0.15, 0.2) is 42.5 Å². The van der Waals surface area contributed by atoms with E-state index in [1.165, 1.54) is 0 Å². The lowest BCUT2D eigenvalue weighted by molar-refractivity contribution is 0.474. The lowest BCUT2D eigenvalue weighted by Crippen LogP contribution is -1.81. The monoisotopic (exact) mass is 224 g/mol. The average Bonchev–Trinajstić information content (AvgIpc) is 2.30. The van der Waals surface area contributed by atoms with E-state index in [1.54, 1.807) is 42.5 Å². The molecule has 0 bridgehead atoms. The van der Waals surface area contributed by atoms with Gasteiger partial charge in [0.1, 0.15) is 11.5 Å². The van der Waals surface area contributed by atoms with Gasteiger partial charge in [-0.1, -0.05) is 11.8 Å². The quantitative estimate of drug-likeness (QED) is 0.675. The first kappa shape index (κ1) is 11.1. The summed E-state index contributed by atoms with van der Waals surface area (Å²) >= 11 is 0. The van der Waals surface area contributed by atoms with Crippen LogP contribution in [0.3, 0.4) is 0 Å². The second-order valence-electron chi connectivity index (χ2n) is 3.80. The fourth-order valence-electron chi connectivity index (χ4n) is 1.47. The molecule has 2 aromatic rings. The predicted octanol–water partition coefficient (Wildman–Crippen LogP) is 2.81. The molecule has 2 rings (SSSR count). The Hall–Kier alpha value is -2.40. The smallest absolute Gasteiger partial charge is 0.115 e. The normalized spacial score (nSPS) is 9.47. The lowest BCUT2D eigenvalue weighted by atomic mass is 10.1. The Morgan fingerprint density at radius 2 is 1.47 bits per heavy atom. The van der Waals surface area contributed by atoms with Crippen molar-refractivity contribution in [2.24, 2.45) is 0 Å². The van der Waals surface area contributed by atoms with E-state index in [0.717, 1.165) is 16.7 Å². The van der Waals surface area contributed by atoms with Crippen LogP contribution in [0.4, 0.5) is 0 Å². The van der Waals surface area contributed by atoms with Crippen LogP contribution in [-0.4, -0.2) is 10.2 Å². The first-order valence-corrected chi connectivity index (χ1v) is 5.26. The molecule has 2 aromatic carbocycles. The molecule has 0 spiro atoms. The van der Waals surface area contributed by atoms with Gasteiger partial charge >= 0.3 is 0 Å². The van der Waals surface area contributed by atoms with Gasteiger partial charge in [0.2, 0.25) is 0 Å². The van der Waals surface area contributed by atoms with Crippen LogP contribution in [0.2, 0.25) is 0 Å². The van der Waals surface area contributed by atoms with Gasteiger partial charge in [0.25, 0.3) is 0 Å². The number of hydrogen-bond donors (Lipinski definition) is 2. The average molecular weight is 224 g/mol. The molecule has 0 heterocycles. The van der Waals surface area contributed by atoms with Gasteiger partial charge in [0, 0.05) is 11.1 Å². The predicted molar refractivity (Wildman–Crippen MR) is 66.9 cm³/mol. The molecular formula is C15H12O2. The molecular weight excluding hydrogens is 212 g/mol. The van der Waals surface area contributed by atoms with Gasteiger partial charge in [-0.15, -0.1) is 0 Å². The number of aromatic hydroxyl groups is 2. The summed E-state index contributed by atoms with van der Waals surface area (Å²) in [5, 5.41) is 18.4. The van der Waals surface area contributed by atoms with Crippen molar-refractivity contribution >= 4 is 0 Å². The molecule has 0 aliphatic heterocycles. The molecule has 2 nitrogen and oxygen atoms in total. The third-order valence-electron chi connectivity index (χ3n) is 2.42. The highest BCUT2D eigenvalue weighted by Crippen LogP contribution is 2.15. The van der Waals surface area contributed by atoms with E-state index in [1.807, 2.05) is 6.92 Å². The topological polar surface area (TPSA) is 40.5 Å². The van der Waals surface area contributed by atoms with Crippen LogP contribution in [0.1, 0.15) is 16.7 Å². The summed E-state index contributed by atoms with van der Waals surface area (Å²) in [6.45, 7) is 1.90. The van der Waals surface area contributed by atoms with Crippen LogP contribution in [0.25, 0.3) is 0 Å². The number of phenols is 2. The first-order valence-electron chi connectivity index (χ1n) is 5.26. The molecule has 0 aliphatic rings. The van der Waals surface area contributed by atoms with Crippen LogP contribution in [0.5, 0.6) is 11.5 Å². The minimum Gasteiger partial charge on any atom is -0.508 e. The SMILES string of the molecule is Cc1cc(O)ccc1C#Cc1ccc(O)cc1. The van der Waals surface area contributed by atoms with Gasteiger partial charge in [0.05, 0.1) is 0 Å². The molecule has 0 radical (unpaired) electrons. The molecule has 84 valence electrons. The van der Waals surface area contributed by atoms with E-state index in [2.05, 4.69) is 11.8 Å². The standard InChI is InChI=1S/C15H12O2/c1-11-10-15(17)9-6-13(11)5-2-12-3-7-14(16)8-4-12/h3-4,6-10,16-17H,1H3. The second-order valence-corrected chi connectivity index (χ2v) is 3.80. The third kappa shape index (κ3) is 2.79. The van der Waals surface area contributed by atoms with Crippen molar-refractivity contribution in [3.63, 3.8) is 0 Å². The molecule has 2 heteroatoms. The number of rotatable bonds is 0. The van der Waals surface area contributed by atoms with Crippen molar-refractivity contribution in [2.75, 3.05) is 0 Å². The Balaban J connectivity index is 2.29. The Kier molecular flexibility index (Phi) is 3.02. The van der Waals surface area contributed by atoms with E-state index >= 15 is 0 Å². The summed E-state index contributed by atoms with van der Waals surface area (Å²) < 4.78 is 0. The fourth-order valence-corrected chi connectivity index (χ4v) is 1.47. The minimum atomic E-state index is 0.233. The molecule has 0 atom stereocenters. The van der Waals surface area contributed by atoms with E-state index in [0.29, 0.717) is 0 Å². The number of phenolic OH excluding ortho intramolecular Hbond substituents is 2. The summed E-state index contributed by atoms with van der Waals surface area (Å²) in [5.41, 5.74) is 2.67. The Bertz CT molecular complexity index is 587. The highest BCUT2D eigenvalue weighted by molar-refractivity contribution is 5.48. The van der Waals surface area contributed by atoms with Crippen molar-refractivity contribution in [3.8, 4) is 23.3 Å².